The van der Waals surface area contributed by atoms with Crippen LogP contribution < -0.4 is 14.8 Å². The third-order valence-electron chi connectivity index (χ3n) is 8.80. The number of carbonyl (C=O) groups excluding carboxylic acids is 2. The van der Waals surface area contributed by atoms with E-state index in [0.29, 0.717) is 35.6 Å². The molecule has 0 bridgehead atoms. The highest BCUT2D eigenvalue weighted by atomic mass is 32.1. The van der Waals surface area contributed by atoms with Gasteiger partial charge < -0.3 is 29.2 Å². The van der Waals surface area contributed by atoms with Crippen LogP contribution in [0, 0.1) is 5.92 Å². The molecule has 11 heteroatoms. The standard InChI is InChI=1S/C40H42FN3O6S/c1-44(37-30(23-25-51)26-39(41,50-37)27-49-38(46)29-10-6-4-7-11-29)24-22-36(42-28-45)43-40(31-12-8-5-9-13-31,32-14-18-34(47-2)19-15-32)33-16-20-35(48-3)21-17-33/h4-22,24,28,30,37,51H,23,25-27H2,1-3H3,(H,42,43,45)/b24-22-/t30?,37?,39-/m0/s1. The second-order valence-electron chi connectivity index (χ2n) is 12.1. The molecule has 0 saturated carbocycles. The summed E-state index contributed by atoms with van der Waals surface area (Å²) in [7, 11) is 4.96. The van der Waals surface area contributed by atoms with Gasteiger partial charge >= 0.3 is 5.97 Å². The second-order valence-corrected chi connectivity index (χ2v) is 12.5. The zero-order valence-electron chi connectivity index (χ0n) is 28.8. The molecule has 1 amide bonds. The highest BCUT2D eigenvalue weighted by molar-refractivity contribution is 7.80. The molecule has 5 rings (SSSR count). The van der Waals surface area contributed by atoms with Gasteiger partial charge in [-0.05, 0) is 71.3 Å². The molecule has 9 nitrogen and oxygen atoms in total. The Bertz CT molecular complexity index is 1740. The Morgan fingerprint density at radius 1 is 0.941 bits per heavy atom. The Morgan fingerprint density at radius 2 is 1.49 bits per heavy atom. The predicted molar refractivity (Wildman–Crippen MR) is 198 cm³/mol. The van der Waals surface area contributed by atoms with Gasteiger partial charge in [0.1, 0.15) is 29.1 Å². The largest absolute Gasteiger partial charge is 0.497 e. The number of hydrogen-bond donors (Lipinski definition) is 2. The van der Waals surface area contributed by atoms with Gasteiger partial charge in [-0.25, -0.2) is 14.2 Å². The van der Waals surface area contributed by atoms with Crippen LogP contribution in [0.1, 0.15) is 39.9 Å². The number of methoxy groups -OCH3 is 2. The van der Waals surface area contributed by atoms with Crippen molar-refractivity contribution >= 4 is 30.8 Å². The van der Waals surface area contributed by atoms with E-state index in [4.69, 9.17) is 23.9 Å². The highest BCUT2D eigenvalue weighted by Crippen LogP contribution is 2.43. The number of aliphatic imine (C=N–C) groups is 1. The average Bonchev–Trinajstić information content (AvgIpc) is 3.51. The van der Waals surface area contributed by atoms with Gasteiger partial charge in [0.2, 0.25) is 12.3 Å². The molecule has 51 heavy (non-hydrogen) atoms. The molecule has 4 aromatic carbocycles. The number of amides is 1. The number of nitrogens with zero attached hydrogens (tertiary/aromatic N) is 2. The minimum absolute atomic E-state index is 0.0120. The van der Waals surface area contributed by atoms with Crippen molar-refractivity contribution in [3.05, 3.63) is 144 Å². The highest BCUT2D eigenvalue weighted by Gasteiger charge is 2.49. The molecule has 1 aliphatic heterocycles. The number of carbonyl (C=O) groups is 2. The molecule has 1 fully saturated rings. The van der Waals surface area contributed by atoms with E-state index >= 15 is 4.39 Å². The molecule has 266 valence electrons. The van der Waals surface area contributed by atoms with Crippen LogP contribution in [-0.4, -0.2) is 68.8 Å². The minimum Gasteiger partial charge on any atom is -0.497 e. The topological polar surface area (TPSA) is 98.7 Å². The van der Waals surface area contributed by atoms with E-state index < -0.39 is 30.2 Å². The summed E-state index contributed by atoms with van der Waals surface area (Å²) in [6.45, 7) is -0.555. The lowest BCUT2D eigenvalue weighted by molar-refractivity contribution is -0.184. The lowest BCUT2D eigenvalue weighted by atomic mass is 9.77. The summed E-state index contributed by atoms with van der Waals surface area (Å²) in [4.78, 5) is 31.6. The lowest BCUT2D eigenvalue weighted by Crippen LogP contribution is -2.36. The summed E-state index contributed by atoms with van der Waals surface area (Å²) in [5, 5.41) is 2.76. The van der Waals surface area contributed by atoms with Crippen LogP contribution in [-0.2, 0) is 19.8 Å². The van der Waals surface area contributed by atoms with Crippen molar-refractivity contribution in [1.82, 2.24) is 10.2 Å². The van der Waals surface area contributed by atoms with E-state index in [1.54, 1.807) is 68.8 Å². The molecule has 0 aromatic heterocycles. The first-order valence-corrected chi connectivity index (χ1v) is 17.1. The number of alkyl halides is 1. The number of rotatable bonds is 15. The van der Waals surface area contributed by atoms with Gasteiger partial charge in [0, 0.05) is 25.6 Å². The maximum absolute atomic E-state index is 16.1. The summed E-state index contributed by atoms with van der Waals surface area (Å²) < 4.78 is 38.3. The van der Waals surface area contributed by atoms with Gasteiger partial charge in [0.05, 0.1) is 19.8 Å². The van der Waals surface area contributed by atoms with E-state index in [-0.39, 0.29) is 18.2 Å². The molecule has 4 aromatic rings. The first-order chi connectivity index (χ1) is 24.7. The molecule has 0 radical (unpaired) electrons. The van der Waals surface area contributed by atoms with Crippen LogP contribution >= 0.6 is 12.6 Å². The van der Waals surface area contributed by atoms with Crippen molar-refractivity contribution in [3.63, 3.8) is 0 Å². The van der Waals surface area contributed by atoms with Crippen LogP contribution in [0.4, 0.5) is 4.39 Å². The maximum Gasteiger partial charge on any atom is 0.338 e. The normalized spacial score (nSPS) is 19.0. The molecule has 1 N–H and O–H groups in total. The first-order valence-electron chi connectivity index (χ1n) is 16.5. The number of thiol groups is 1. The minimum atomic E-state index is -2.20. The fourth-order valence-electron chi connectivity index (χ4n) is 6.27. The maximum atomic E-state index is 16.1. The molecule has 0 aliphatic carbocycles. The number of nitrogens with one attached hydrogen (secondary N) is 1. The monoisotopic (exact) mass is 711 g/mol. The zero-order valence-corrected chi connectivity index (χ0v) is 29.7. The van der Waals surface area contributed by atoms with Gasteiger partial charge in [0.15, 0.2) is 6.61 Å². The molecule has 3 atom stereocenters. The fourth-order valence-corrected chi connectivity index (χ4v) is 6.60. The summed E-state index contributed by atoms with van der Waals surface area (Å²) in [5.74, 6) is -0.997. The third kappa shape index (κ3) is 8.79. The van der Waals surface area contributed by atoms with Crippen molar-refractivity contribution in [2.45, 2.75) is 30.5 Å². The van der Waals surface area contributed by atoms with Crippen LogP contribution in [0.15, 0.2) is 126 Å². The molecule has 1 aliphatic rings. The number of esters is 1. The summed E-state index contributed by atoms with van der Waals surface area (Å²) >= 11 is 4.40. The van der Waals surface area contributed by atoms with E-state index in [1.807, 2.05) is 78.9 Å². The van der Waals surface area contributed by atoms with E-state index in [0.717, 1.165) is 16.7 Å². The van der Waals surface area contributed by atoms with Crippen LogP contribution in [0.3, 0.4) is 0 Å². The zero-order chi connectivity index (χ0) is 36.3. The Labute approximate surface area is 303 Å². The van der Waals surface area contributed by atoms with Crippen molar-refractivity contribution in [2.24, 2.45) is 10.9 Å². The summed E-state index contributed by atoms with van der Waals surface area (Å²) in [6, 6.07) is 33.4. The van der Waals surface area contributed by atoms with Crippen LogP contribution in [0.2, 0.25) is 0 Å². The third-order valence-corrected chi connectivity index (χ3v) is 9.06. The average molecular weight is 712 g/mol. The molecule has 1 heterocycles. The Hall–Kier alpha value is -5.13. The molecule has 0 spiro atoms. The second kappa shape index (κ2) is 17.2. The summed E-state index contributed by atoms with van der Waals surface area (Å²) in [6.07, 6.45) is 3.75. The SMILES string of the molecule is COc1ccc(C(N=C(/C=C\N(C)C2O[C@](F)(COC(=O)c3ccccc3)CC2CCS)NC=O)(c2ccccc2)c2ccc(OC)cc2)cc1. The van der Waals surface area contributed by atoms with E-state index in [2.05, 4.69) is 17.9 Å². The Balaban J connectivity index is 1.50. The van der Waals surface area contributed by atoms with Gasteiger partial charge in [-0.1, -0.05) is 72.8 Å². The Morgan fingerprint density at radius 3 is 2.02 bits per heavy atom. The van der Waals surface area contributed by atoms with Gasteiger partial charge in [0.25, 0.3) is 0 Å². The van der Waals surface area contributed by atoms with Crippen LogP contribution in [0.25, 0.3) is 0 Å². The number of hydrogen-bond acceptors (Lipinski definition) is 9. The predicted octanol–water partition coefficient (Wildman–Crippen LogP) is 6.79. The number of amidine groups is 1. The van der Waals surface area contributed by atoms with Crippen LogP contribution in [0.5, 0.6) is 11.5 Å². The fraction of sp³-hybridized carbons (Fsp3) is 0.275. The van der Waals surface area contributed by atoms with Crippen molar-refractivity contribution in [2.75, 3.05) is 33.6 Å². The number of benzene rings is 4. The van der Waals surface area contributed by atoms with E-state index in [9.17, 15) is 9.59 Å². The molecule has 1 saturated heterocycles. The van der Waals surface area contributed by atoms with Gasteiger partial charge in [-0.3, -0.25) is 4.79 Å². The molecular formula is C40H42FN3O6S. The van der Waals surface area contributed by atoms with Gasteiger partial charge in [-0.15, -0.1) is 0 Å². The van der Waals surface area contributed by atoms with E-state index in [1.165, 1.54) is 0 Å². The number of ether oxygens (including phenoxy) is 4. The van der Waals surface area contributed by atoms with Crippen molar-refractivity contribution in [1.29, 1.82) is 0 Å². The van der Waals surface area contributed by atoms with Gasteiger partial charge in [-0.2, -0.15) is 12.6 Å². The quantitative estimate of drug-likeness (QED) is 0.0350. The van der Waals surface area contributed by atoms with Crippen molar-refractivity contribution < 1.29 is 32.9 Å². The van der Waals surface area contributed by atoms with Crippen molar-refractivity contribution in [3.8, 4) is 11.5 Å². The lowest BCUT2D eigenvalue weighted by Gasteiger charge is -2.33. The Kier molecular flexibility index (Phi) is 12.5. The molecule has 2 unspecified atom stereocenters. The first kappa shape index (κ1) is 37.1. The molecular weight excluding hydrogens is 670 g/mol. The number of halogens is 1. The summed E-state index contributed by atoms with van der Waals surface area (Å²) in [5.41, 5.74) is 1.66. The smallest absolute Gasteiger partial charge is 0.338 e.